The number of aryl methyl sites for hydroxylation is 2. The third-order valence-electron chi connectivity index (χ3n) is 4.98. The summed E-state index contributed by atoms with van der Waals surface area (Å²) in [7, 11) is 1.55. The number of amides is 1. The Hall–Kier alpha value is -3.66. The van der Waals surface area contributed by atoms with Gasteiger partial charge < -0.3 is 18.7 Å². The zero-order chi connectivity index (χ0) is 24.7. The molecule has 180 valence electrons. The molecule has 3 rings (SSSR count). The summed E-state index contributed by atoms with van der Waals surface area (Å²) in [5.41, 5.74) is 3.01. The standard InChI is InChI=1S/C24H27N3O6S/c1-6-27(17(4)28)24-25-19(14-34-24)12-32-23(29)10-8-18-7-9-21(22(11-18)30-5)31-13-20-15(2)26-33-16(20)3/h7-11,14H,6,12-13H2,1-5H3/b10-8+. The van der Waals surface area contributed by atoms with Gasteiger partial charge in [0.2, 0.25) is 5.91 Å². The monoisotopic (exact) mass is 485 g/mol. The van der Waals surface area contributed by atoms with Crippen molar-refractivity contribution in [1.82, 2.24) is 10.1 Å². The van der Waals surface area contributed by atoms with E-state index in [2.05, 4.69) is 10.1 Å². The molecule has 0 aliphatic carbocycles. The summed E-state index contributed by atoms with van der Waals surface area (Å²) in [6.45, 7) is 7.91. The van der Waals surface area contributed by atoms with E-state index in [1.807, 2.05) is 26.8 Å². The molecule has 0 spiro atoms. The number of benzene rings is 1. The van der Waals surface area contributed by atoms with E-state index in [0.29, 0.717) is 41.2 Å². The minimum Gasteiger partial charge on any atom is -0.493 e. The first-order chi connectivity index (χ1) is 16.3. The summed E-state index contributed by atoms with van der Waals surface area (Å²) >= 11 is 1.33. The van der Waals surface area contributed by atoms with Gasteiger partial charge >= 0.3 is 5.97 Å². The van der Waals surface area contributed by atoms with Gasteiger partial charge in [-0.3, -0.25) is 9.69 Å². The Balaban J connectivity index is 1.57. The van der Waals surface area contributed by atoms with Crippen molar-refractivity contribution >= 4 is 34.4 Å². The summed E-state index contributed by atoms with van der Waals surface area (Å²) in [4.78, 5) is 29.7. The van der Waals surface area contributed by atoms with Crippen LogP contribution in [0.25, 0.3) is 6.08 Å². The Bertz CT molecular complexity index is 1160. The number of esters is 1. The van der Waals surface area contributed by atoms with Crippen molar-refractivity contribution < 1.29 is 28.3 Å². The smallest absolute Gasteiger partial charge is 0.331 e. The molecule has 9 nitrogen and oxygen atoms in total. The molecule has 0 bridgehead atoms. The van der Waals surface area contributed by atoms with Crippen LogP contribution in [0.4, 0.5) is 5.13 Å². The maximum Gasteiger partial charge on any atom is 0.331 e. The van der Waals surface area contributed by atoms with Crippen molar-refractivity contribution in [2.45, 2.75) is 40.9 Å². The number of aromatic nitrogens is 2. The van der Waals surface area contributed by atoms with Crippen molar-refractivity contribution in [1.29, 1.82) is 0 Å². The highest BCUT2D eigenvalue weighted by atomic mass is 32.1. The van der Waals surface area contributed by atoms with Crippen LogP contribution in [0.5, 0.6) is 11.5 Å². The molecule has 34 heavy (non-hydrogen) atoms. The molecule has 1 amide bonds. The van der Waals surface area contributed by atoms with Crippen LogP contribution in [0.2, 0.25) is 0 Å². The zero-order valence-electron chi connectivity index (χ0n) is 19.8. The lowest BCUT2D eigenvalue weighted by Gasteiger charge is -2.14. The van der Waals surface area contributed by atoms with Crippen molar-refractivity contribution in [3.8, 4) is 11.5 Å². The first-order valence-corrected chi connectivity index (χ1v) is 11.5. The van der Waals surface area contributed by atoms with E-state index in [9.17, 15) is 9.59 Å². The van der Waals surface area contributed by atoms with Gasteiger partial charge in [-0.05, 0) is 44.5 Å². The van der Waals surface area contributed by atoms with Crippen LogP contribution in [-0.2, 0) is 27.5 Å². The van der Waals surface area contributed by atoms with Crippen LogP contribution >= 0.6 is 11.3 Å². The zero-order valence-corrected chi connectivity index (χ0v) is 20.6. The highest BCUT2D eigenvalue weighted by molar-refractivity contribution is 7.14. The Morgan fingerprint density at radius 2 is 2.00 bits per heavy atom. The van der Waals surface area contributed by atoms with Crippen molar-refractivity contribution in [2.75, 3.05) is 18.6 Å². The first-order valence-electron chi connectivity index (χ1n) is 10.6. The van der Waals surface area contributed by atoms with Gasteiger partial charge in [-0.25, -0.2) is 9.78 Å². The fourth-order valence-electron chi connectivity index (χ4n) is 3.10. The normalized spacial score (nSPS) is 11.0. The number of hydrogen-bond donors (Lipinski definition) is 0. The second kappa shape index (κ2) is 11.5. The molecular formula is C24H27N3O6S. The summed E-state index contributed by atoms with van der Waals surface area (Å²) in [6, 6.07) is 5.34. The molecule has 0 aliphatic rings. The minimum atomic E-state index is -0.508. The van der Waals surface area contributed by atoms with Crippen molar-refractivity contribution in [3.63, 3.8) is 0 Å². The molecule has 3 aromatic rings. The third-order valence-corrected chi connectivity index (χ3v) is 5.89. The number of ether oxygens (including phenoxy) is 3. The Kier molecular flexibility index (Phi) is 8.42. The summed E-state index contributed by atoms with van der Waals surface area (Å²) in [5.74, 6) is 1.21. The van der Waals surface area contributed by atoms with Crippen molar-refractivity contribution in [3.05, 3.63) is 57.9 Å². The molecule has 0 aliphatic heterocycles. The van der Waals surface area contributed by atoms with Gasteiger partial charge in [0, 0.05) is 24.9 Å². The van der Waals surface area contributed by atoms with E-state index in [4.69, 9.17) is 18.7 Å². The Morgan fingerprint density at radius 3 is 2.65 bits per heavy atom. The number of rotatable bonds is 10. The number of hydrogen-bond acceptors (Lipinski definition) is 9. The van der Waals surface area contributed by atoms with Gasteiger partial charge in [-0.15, -0.1) is 11.3 Å². The van der Waals surface area contributed by atoms with Crippen LogP contribution < -0.4 is 14.4 Å². The molecule has 0 saturated heterocycles. The largest absolute Gasteiger partial charge is 0.493 e. The summed E-state index contributed by atoms with van der Waals surface area (Å²) in [6.07, 6.45) is 2.96. The molecule has 0 radical (unpaired) electrons. The summed E-state index contributed by atoms with van der Waals surface area (Å²) < 4.78 is 21.7. The third kappa shape index (κ3) is 6.22. The number of nitrogens with zero attached hydrogens (tertiary/aromatic N) is 3. The number of carbonyl (C=O) groups excluding carboxylic acids is 2. The van der Waals surface area contributed by atoms with E-state index in [1.54, 1.807) is 35.6 Å². The highest BCUT2D eigenvalue weighted by Gasteiger charge is 2.14. The SMILES string of the molecule is CCN(C(C)=O)c1nc(COC(=O)/C=C/c2ccc(OCc3c(C)noc3C)c(OC)c2)cs1. The predicted molar refractivity (Wildman–Crippen MR) is 128 cm³/mol. The van der Waals surface area contributed by atoms with Gasteiger partial charge in [0.1, 0.15) is 19.0 Å². The number of methoxy groups -OCH3 is 1. The Morgan fingerprint density at radius 1 is 1.21 bits per heavy atom. The fraction of sp³-hybridized carbons (Fsp3) is 0.333. The van der Waals surface area contributed by atoms with Gasteiger partial charge in [0.15, 0.2) is 16.6 Å². The average Bonchev–Trinajstić information content (AvgIpc) is 3.41. The summed E-state index contributed by atoms with van der Waals surface area (Å²) in [5, 5.41) is 6.27. The fourth-order valence-corrected chi connectivity index (χ4v) is 4.02. The maximum atomic E-state index is 12.1. The van der Waals surface area contributed by atoms with E-state index >= 15 is 0 Å². The lowest BCUT2D eigenvalue weighted by molar-refractivity contribution is -0.139. The molecule has 0 unspecified atom stereocenters. The van der Waals surface area contributed by atoms with Gasteiger partial charge in [0.25, 0.3) is 0 Å². The predicted octanol–water partition coefficient (Wildman–Crippen LogP) is 4.46. The lowest BCUT2D eigenvalue weighted by atomic mass is 10.2. The van der Waals surface area contributed by atoms with Crippen LogP contribution in [0.1, 0.15) is 42.1 Å². The second-order valence-corrected chi connectivity index (χ2v) is 8.16. The Labute approximate surface area is 201 Å². The lowest BCUT2D eigenvalue weighted by Crippen LogP contribution is -2.27. The van der Waals surface area contributed by atoms with E-state index in [-0.39, 0.29) is 12.5 Å². The minimum absolute atomic E-state index is 0.0208. The van der Waals surface area contributed by atoms with Crippen LogP contribution in [0, 0.1) is 13.8 Å². The molecule has 0 saturated carbocycles. The molecule has 1 aromatic carbocycles. The number of anilines is 1. The van der Waals surface area contributed by atoms with Gasteiger partial charge in [-0.1, -0.05) is 11.2 Å². The first kappa shape index (κ1) is 25.0. The van der Waals surface area contributed by atoms with E-state index in [1.165, 1.54) is 24.3 Å². The number of carbonyl (C=O) groups is 2. The van der Waals surface area contributed by atoms with Gasteiger partial charge in [0.05, 0.1) is 24.1 Å². The topological polar surface area (TPSA) is 104 Å². The molecule has 2 heterocycles. The van der Waals surface area contributed by atoms with Crippen LogP contribution in [-0.4, -0.2) is 35.7 Å². The molecule has 0 N–H and O–H groups in total. The quantitative estimate of drug-likeness (QED) is 0.306. The molecule has 0 fully saturated rings. The molecule has 2 aromatic heterocycles. The molecular weight excluding hydrogens is 458 g/mol. The van der Waals surface area contributed by atoms with E-state index in [0.717, 1.165) is 16.8 Å². The van der Waals surface area contributed by atoms with Crippen LogP contribution in [0.15, 0.2) is 34.2 Å². The molecule has 10 heteroatoms. The van der Waals surface area contributed by atoms with Gasteiger partial charge in [-0.2, -0.15) is 0 Å². The van der Waals surface area contributed by atoms with Crippen LogP contribution in [0.3, 0.4) is 0 Å². The average molecular weight is 486 g/mol. The second-order valence-electron chi connectivity index (χ2n) is 7.33. The highest BCUT2D eigenvalue weighted by Crippen LogP contribution is 2.30. The maximum absolute atomic E-state index is 12.1. The van der Waals surface area contributed by atoms with E-state index < -0.39 is 5.97 Å². The molecule has 0 atom stereocenters. The van der Waals surface area contributed by atoms with Crippen molar-refractivity contribution in [2.24, 2.45) is 0 Å². The number of thiazole rings is 1.